The van der Waals surface area contributed by atoms with Gasteiger partial charge in [-0.3, -0.25) is 0 Å². The molecule has 0 unspecified atom stereocenters. The average Bonchev–Trinajstić information content (AvgIpc) is 2.25. The Morgan fingerprint density at radius 3 is 2.53 bits per heavy atom. The number of carboxylic acid groups (broad SMARTS) is 1. The zero-order valence-corrected chi connectivity index (χ0v) is 10.1. The molecule has 1 aromatic rings. The summed E-state index contributed by atoms with van der Waals surface area (Å²) in [6.45, 7) is 0.111. The predicted molar refractivity (Wildman–Crippen MR) is 62.9 cm³/mol. The van der Waals surface area contributed by atoms with Crippen molar-refractivity contribution in [2.45, 2.75) is 38.0 Å². The number of hydrogen-bond acceptors (Lipinski definition) is 2. The van der Waals surface area contributed by atoms with E-state index in [9.17, 15) is 18.0 Å². The van der Waals surface area contributed by atoms with Gasteiger partial charge in [-0.05, 0) is 30.5 Å². The Hall–Kier alpha value is -1.56. The van der Waals surface area contributed by atoms with E-state index in [0.717, 1.165) is 19.3 Å². The lowest BCUT2D eigenvalue weighted by Gasteiger charge is -2.27. The first-order chi connectivity index (χ1) is 8.88. The van der Waals surface area contributed by atoms with Gasteiger partial charge in [-0.1, -0.05) is 12.5 Å². The standard InChI is InChI=1S/C13H14F3NO2/c14-13(15,16)11-6-8(12(18)19)4-5-9(11)7-17-10-2-1-3-10/h4-6,10,17H,1-3,7H2,(H,18,19). The third-order valence-electron chi connectivity index (χ3n) is 3.35. The number of hydrogen-bond donors (Lipinski definition) is 2. The fourth-order valence-corrected chi connectivity index (χ4v) is 1.99. The van der Waals surface area contributed by atoms with Crippen LogP contribution in [0.3, 0.4) is 0 Å². The first-order valence-electron chi connectivity index (χ1n) is 6.04. The largest absolute Gasteiger partial charge is 0.478 e. The summed E-state index contributed by atoms with van der Waals surface area (Å²) >= 11 is 0. The molecule has 0 aromatic heterocycles. The molecule has 0 radical (unpaired) electrons. The van der Waals surface area contributed by atoms with Gasteiger partial charge in [0.2, 0.25) is 0 Å². The zero-order valence-electron chi connectivity index (χ0n) is 10.1. The van der Waals surface area contributed by atoms with Crippen molar-refractivity contribution in [3.63, 3.8) is 0 Å². The van der Waals surface area contributed by atoms with Gasteiger partial charge in [-0.15, -0.1) is 0 Å². The Morgan fingerprint density at radius 1 is 1.37 bits per heavy atom. The van der Waals surface area contributed by atoms with E-state index in [-0.39, 0.29) is 23.7 Å². The van der Waals surface area contributed by atoms with Crippen LogP contribution in [0.5, 0.6) is 0 Å². The molecule has 0 amide bonds. The average molecular weight is 273 g/mol. The fourth-order valence-electron chi connectivity index (χ4n) is 1.99. The third kappa shape index (κ3) is 3.26. The lowest BCUT2D eigenvalue weighted by molar-refractivity contribution is -0.138. The van der Waals surface area contributed by atoms with Crippen LogP contribution >= 0.6 is 0 Å². The Bertz CT molecular complexity index is 481. The van der Waals surface area contributed by atoms with E-state index in [0.29, 0.717) is 6.07 Å². The second kappa shape index (κ2) is 5.21. The molecule has 3 nitrogen and oxygen atoms in total. The summed E-state index contributed by atoms with van der Waals surface area (Å²) < 4.78 is 38.7. The Balaban J connectivity index is 2.22. The minimum Gasteiger partial charge on any atom is -0.478 e. The lowest BCUT2D eigenvalue weighted by Crippen LogP contribution is -2.35. The number of rotatable bonds is 4. The van der Waals surface area contributed by atoms with Crippen molar-refractivity contribution in [1.82, 2.24) is 5.32 Å². The molecule has 2 N–H and O–H groups in total. The summed E-state index contributed by atoms with van der Waals surface area (Å²) in [5.74, 6) is -1.36. The van der Waals surface area contributed by atoms with Crippen LogP contribution in [-0.2, 0) is 12.7 Å². The minimum atomic E-state index is -4.54. The lowest BCUT2D eigenvalue weighted by atomic mass is 9.92. The molecule has 0 bridgehead atoms. The summed E-state index contributed by atoms with van der Waals surface area (Å²) in [6, 6.07) is 3.41. The zero-order chi connectivity index (χ0) is 14.0. The number of benzene rings is 1. The van der Waals surface area contributed by atoms with Gasteiger partial charge in [-0.2, -0.15) is 13.2 Å². The van der Waals surface area contributed by atoms with Crippen molar-refractivity contribution < 1.29 is 23.1 Å². The molecular formula is C13H14F3NO2. The van der Waals surface area contributed by atoms with Crippen molar-refractivity contribution in [3.8, 4) is 0 Å². The predicted octanol–water partition coefficient (Wildman–Crippen LogP) is 3.05. The van der Waals surface area contributed by atoms with Gasteiger partial charge in [-0.25, -0.2) is 4.79 Å². The van der Waals surface area contributed by atoms with Gasteiger partial charge in [0.15, 0.2) is 0 Å². The van der Waals surface area contributed by atoms with Gasteiger partial charge in [0.05, 0.1) is 11.1 Å². The van der Waals surface area contributed by atoms with Gasteiger partial charge < -0.3 is 10.4 Å². The SMILES string of the molecule is O=C(O)c1ccc(CNC2CCC2)c(C(F)(F)F)c1. The third-order valence-corrected chi connectivity index (χ3v) is 3.35. The van der Waals surface area contributed by atoms with Crippen LogP contribution in [0.15, 0.2) is 18.2 Å². The molecule has 0 heterocycles. The van der Waals surface area contributed by atoms with Crippen LogP contribution in [0.2, 0.25) is 0 Å². The molecule has 1 aromatic carbocycles. The molecular weight excluding hydrogens is 259 g/mol. The monoisotopic (exact) mass is 273 g/mol. The highest BCUT2D eigenvalue weighted by atomic mass is 19.4. The fraction of sp³-hybridized carbons (Fsp3) is 0.462. The molecule has 0 spiro atoms. The Kier molecular flexibility index (Phi) is 3.80. The molecule has 1 saturated carbocycles. The second-order valence-electron chi connectivity index (χ2n) is 4.68. The number of halogens is 3. The smallest absolute Gasteiger partial charge is 0.416 e. The molecule has 2 rings (SSSR count). The number of carboxylic acids is 1. The van der Waals surface area contributed by atoms with E-state index in [1.807, 2.05) is 0 Å². The van der Waals surface area contributed by atoms with Crippen molar-refractivity contribution in [1.29, 1.82) is 0 Å². The molecule has 0 aliphatic heterocycles. The van der Waals surface area contributed by atoms with Gasteiger partial charge in [0.1, 0.15) is 0 Å². The molecule has 6 heteroatoms. The molecule has 1 aliphatic rings. The molecule has 1 aliphatic carbocycles. The van der Waals surface area contributed by atoms with Crippen LogP contribution in [0, 0.1) is 0 Å². The highest BCUT2D eigenvalue weighted by Crippen LogP contribution is 2.33. The molecule has 19 heavy (non-hydrogen) atoms. The Morgan fingerprint density at radius 2 is 2.05 bits per heavy atom. The second-order valence-corrected chi connectivity index (χ2v) is 4.68. The molecule has 1 fully saturated rings. The first kappa shape index (κ1) is 13.9. The van der Waals surface area contributed by atoms with Crippen molar-refractivity contribution in [2.24, 2.45) is 0 Å². The Labute approximate surface area is 108 Å². The highest BCUT2D eigenvalue weighted by Gasteiger charge is 2.34. The first-order valence-corrected chi connectivity index (χ1v) is 6.04. The quantitative estimate of drug-likeness (QED) is 0.886. The van der Waals surface area contributed by atoms with E-state index in [1.54, 1.807) is 0 Å². The van der Waals surface area contributed by atoms with E-state index in [2.05, 4.69) is 5.32 Å². The van der Waals surface area contributed by atoms with E-state index in [4.69, 9.17) is 5.11 Å². The number of aromatic carboxylic acids is 1. The van der Waals surface area contributed by atoms with Gasteiger partial charge in [0.25, 0.3) is 0 Å². The maximum absolute atomic E-state index is 12.9. The summed E-state index contributed by atoms with van der Waals surface area (Å²) in [5, 5.41) is 11.8. The van der Waals surface area contributed by atoms with Crippen LogP contribution in [0.4, 0.5) is 13.2 Å². The number of nitrogens with one attached hydrogen (secondary N) is 1. The van der Waals surface area contributed by atoms with Gasteiger partial charge >= 0.3 is 12.1 Å². The summed E-state index contributed by atoms with van der Waals surface area (Å²) in [6.07, 6.45) is -1.48. The molecule has 104 valence electrons. The van der Waals surface area contributed by atoms with Crippen molar-refractivity contribution in [3.05, 3.63) is 34.9 Å². The van der Waals surface area contributed by atoms with E-state index < -0.39 is 17.7 Å². The summed E-state index contributed by atoms with van der Waals surface area (Å²) in [7, 11) is 0. The van der Waals surface area contributed by atoms with Gasteiger partial charge in [0, 0.05) is 12.6 Å². The van der Waals surface area contributed by atoms with E-state index in [1.165, 1.54) is 12.1 Å². The van der Waals surface area contributed by atoms with Crippen LogP contribution in [0.1, 0.15) is 40.7 Å². The maximum atomic E-state index is 12.9. The summed E-state index contributed by atoms with van der Waals surface area (Å²) in [4.78, 5) is 10.7. The minimum absolute atomic E-state index is 0.0874. The number of alkyl halides is 3. The number of carbonyl (C=O) groups is 1. The molecule has 0 saturated heterocycles. The topological polar surface area (TPSA) is 49.3 Å². The van der Waals surface area contributed by atoms with Crippen LogP contribution < -0.4 is 5.32 Å². The van der Waals surface area contributed by atoms with Crippen LogP contribution in [0.25, 0.3) is 0 Å². The summed E-state index contributed by atoms with van der Waals surface area (Å²) in [5.41, 5.74) is -1.14. The maximum Gasteiger partial charge on any atom is 0.416 e. The van der Waals surface area contributed by atoms with E-state index >= 15 is 0 Å². The van der Waals surface area contributed by atoms with Crippen molar-refractivity contribution >= 4 is 5.97 Å². The van der Waals surface area contributed by atoms with Crippen LogP contribution in [-0.4, -0.2) is 17.1 Å². The highest BCUT2D eigenvalue weighted by molar-refractivity contribution is 5.88. The van der Waals surface area contributed by atoms with Crippen molar-refractivity contribution in [2.75, 3.05) is 0 Å². The normalized spacial score (nSPS) is 16.2. The molecule has 0 atom stereocenters.